The van der Waals surface area contributed by atoms with Gasteiger partial charge in [0, 0.05) is 12.8 Å². The van der Waals surface area contributed by atoms with E-state index in [1.54, 1.807) is 7.11 Å². The average molecular weight is 284 g/mol. The maximum Gasteiger partial charge on any atom is 0.143 e. The van der Waals surface area contributed by atoms with E-state index in [0.717, 1.165) is 23.4 Å². The molecule has 110 valence electrons. The Morgan fingerprint density at radius 2 is 1.90 bits per heavy atom. The van der Waals surface area contributed by atoms with Gasteiger partial charge < -0.3 is 20.9 Å². The van der Waals surface area contributed by atoms with E-state index in [-0.39, 0.29) is 0 Å². The van der Waals surface area contributed by atoms with E-state index in [4.69, 9.17) is 20.9 Å². The van der Waals surface area contributed by atoms with Crippen LogP contribution in [0.2, 0.25) is 0 Å². The highest BCUT2D eigenvalue weighted by Crippen LogP contribution is 2.44. The van der Waals surface area contributed by atoms with Crippen LogP contribution in [0, 0.1) is 6.92 Å². The summed E-state index contributed by atoms with van der Waals surface area (Å²) in [5.41, 5.74) is 19.6. The largest absolute Gasteiger partial charge is 0.489 e. The van der Waals surface area contributed by atoms with Gasteiger partial charge in [-0.2, -0.15) is 0 Å². The van der Waals surface area contributed by atoms with Crippen molar-refractivity contribution in [2.24, 2.45) is 0 Å². The second-order valence-electron chi connectivity index (χ2n) is 5.37. The number of nitrogen functional groups attached to an aromatic ring is 2. The third kappa shape index (κ3) is 2.32. The topological polar surface area (TPSA) is 70.5 Å². The molecule has 0 amide bonds. The number of benzene rings is 2. The number of rotatable bonds is 4. The van der Waals surface area contributed by atoms with Crippen molar-refractivity contribution in [1.82, 2.24) is 0 Å². The molecule has 0 saturated heterocycles. The molecule has 4 heteroatoms. The Labute approximate surface area is 124 Å². The van der Waals surface area contributed by atoms with Crippen LogP contribution in [0.25, 0.3) is 11.1 Å². The lowest BCUT2D eigenvalue weighted by Crippen LogP contribution is -2.07. The molecule has 0 fully saturated rings. The molecule has 0 aliphatic heterocycles. The third-order valence-electron chi connectivity index (χ3n) is 4.05. The van der Waals surface area contributed by atoms with Crippen LogP contribution in [0.15, 0.2) is 24.3 Å². The first-order chi connectivity index (χ1) is 10.1. The number of anilines is 2. The molecule has 4 nitrogen and oxygen atoms in total. The van der Waals surface area contributed by atoms with Gasteiger partial charge in [0.25, 0.3) is 0 Å². The fraction of sp³-hybridized carbons (Fsp3) is 0.294. The van der Waals surface area contributed by atoms with Gasteiger partial charge in [-0.15, -0.1) is 0 Å². The number of nitrogens with two attached hydrogens (primary N) is 2. The summed E-state index contributed by atoms with van der Waals surface area (Å²) in [6.07, 6.45) is 0.879. The lowest BCUT2D eigenvalue weighted by Gasteiger charge is -2.14. The average Bonchev–Trinajstić information content (AvgIpc) is 2.82. The van der Waals surface area contributed by atoms with Gasteiger partial charge in [0.15, 0.2) is 0 Å². The van der Waals surface area contributed by atoms with Gasteiger partial charge in [-0.3, -0.25) is 0 Å². The smallest absolute Gasteiger partial charge is 0.143 e. The van der Waals surface area contributed by atoms with E-state index in [2.05, 4.69) is 6.07 Å². The Hall–Kier alpha value is -2.20. The van der Waals surface area contributed by atoms with Crippen LogP contribution in [-0.2, 0) is 11.2 Å². The molecule has 3 rings (SSSR count). The van der Waals surface area contributed by atoms with Gasteiger partial charge in [-0.25, -0.2) is 0 Å². The van der Waals surface area contributed by atoms with E-state index < -0.39 is 0 Å². The van der Waals surface area contributed by atoms with Gasteiger partial charge >= 0.3 is 0 Å². The Balaban J connectivity index is 2.04. The zero-order chi connectivity index (χ0) is 15.0. The Bertz CT molecular complexity index is 696. The molecular formula is C17H20N2O2. The Kier molecular flexibility index (Phi) is 3.47. The van der Waals surface area contributed by atoms with Crippen LogP contribution in [0.1, 0.15) is 16.7 Å². The minimum Gasteiger partial charge on any atom is -0.489 e. The Morgan fingerprint density at radius 1 is 1.10 bits per heavy atom. The summed E-state index contributed by atoms with van der Waals surface area (Å²) in [4.78, 5) is 0. The summed E-state index contributed by atoms with van der Waals surface area (Å²) >= 11 is 0. The van der Waals surface area contributed by atoms with Gasteiger partial charge in [-0.05, 0) is 59.4 Å². The van der Waals surface area contributed by atoms with Gasteiger partial charge in [0.2, 0.25) is 0 Å². The first-order valence-electron chi connectivity index (χ1n) is 7.04. The third-order valence-corrected chi connectivity index (χ3v) is 4.05. The number of hydrogen-bond acceptors (Lipinski definition) is 4. The fourth-order valence-electron chi connectivity index (χ4n) is 2.88. The second-order valence-corrected chi connectivity index (χ2v) is 5.37. The molecule has 2 aromatic carbocycles. The summed E-state index contributed by atoms with van der Waals surface area (Å²) in [6.45, 7) is 3.09. The van der Waals surface area contributed by atoms with Crippen LogP contribution in [-0.4, -0.2) is 20.3 Å². The molecule has 1 aliphatic rings. The highest BCUT2D eigenvalue weighted by Gasteiger charge is 2.23. The minimum absolute atomic E-state index is 0.494. The van der Waals surface area contributed by atoms with Crippen molar-refractivity contribution in [2.75, 3.05) is 31.8 Å². The molecule has 0 unspecified atom stereocenters. The van der Waals surface area contributed by atoms with E-state index in [1.807, 2.05) is 25.1 Å². The first-order valence-corrected chi connectivity index (χ1v) is 7.04. The van der Waals surface area contributed by atoms with E-state index in [9.17, 15) is 0 Å². The highest BCUT2D eigenvalue weighted by molar-refractivity contribution is 5.84. The lowest BCUT2D eigenvalue weighted by atomic mass is 10.00. The van der Waals surface area contributed by atoms with E-state index in [0.29, 0.717) is 18.9 Å². The van der Waals surface area contributed by atoms with Crippen LogP contribution < -0.4 is 16.2 Å². The zero-order valence-electron chi connectivity index (χ0n) is 12.4. The monoisotopic (exact) mass is 284 g/mol. The molecule has 0 spiro atoms. The van der Waals surface area contributed by atoms with Gasteiger partial charge in [-0.1, -0.05) is 6.07 Å². The molecule has 0 radical (unpaired) electrons. The molecule has 0 bridgehead atoms. The summed E-state index contributed by atoms with van der Waals surface area (Å²) in [5.74, 6) is 0.730. The van der Waals surface area contributed by atoms with Crippen LogP contribution in [0.5, 0.6) is 5.75 Å². The minimum atomic E-state index is 0.494. The number of hydrogen-bond donors (Lipinski definition) is 2. The molecule has 1 aliphatic carbocycles. The predicted octanol–water partition coefficient (Wildman–Crippen LogP) is 2.76. The molecule has 0 atom stereocenters. The molecular weight excluding hydrogens is 264 g/mol. The second kappa shape index (κ2) is 5.30. The van der Waals surface area contributed by atoms with Crippen molar-refractivity contribution in [3.63, 3.8) is 0 Å². The lowest BCUT2D eigenvalue weighted by molar-refractivity contribution is 0.146. The molecule has 21 heavy (non-hydrogen) atoms. The summed E-state index contributed by atoms with van der Waals surface area (Å²) in [5, 5.41) is 0. The van der Waals surface area contributed by atoms with Crippen molar-refractivity contribution >= 4 is 11.4 Å². The highest BCUT2D eigenvalue weighted by atomic mass is 16.5. The predicted molar refractivity (Wildman–Crippen MR) is 85.6 cm³/mol. The molecule has 0 saturated carbocycles. The standard InChI is InChI=1S/C17H20N2O2/c1-10-14-8-11-7-12(18)3-4-13(11)15(14)9-16(17(10)19)21-6-5-20-2/h3-4,7,9H,5-6,8,18-19H2,1-2H3. The number of ether oxygens (including phenoxy) is 2. The quantitative estimate of drug-likeness (QED) is 0.571. The summed E-state index contributed by atoms with van der Waals surface area (Å²) in [6, 6.07) is 8.09. The molecule has 0 heterocycles. The van der Waals surface area contributed by atoms with Crippen LogP contribution >= 0.6 is 0 Å². The molecule has 4 N–H and O–H groups in total. The van der Waals surface area contributed by atoms with Crippen molar-refractivity contribution in [3.05, 3.63) is 41.0 Å². The normalized spacial score (nSPS) is 12.1. The maximum atomic E-state index is 6.21. The van der Waals surface area contributed by atoms with Crippen molar-refractivity contribution in [1.29, 1.82) is 0 Å². The van der Waals surface area contributed by atoms with Crippen LogP contribution in [0.3, 0.4) is 0 Å². The first kappa shape index (κ1) is 13.8. The van der Waals surface area contributed by atoms with Crippen molar-refractivity contribution < 1.29 is 9.47 Å². The van der Waals surface area contributed by atoms with Gasteiger partial charge in [0.1, 0.15) is 12.4 Å². The Morgan fingerprint density at radius 3 is 2.67 bits per heavy atom. The molecule has 2 aromatic rings. The van der Waals surface area contributed by atoms with Crippen molar-refractivity contribution in [2.45, 2.75) is 13.3 Å². The molecule has 0 aromatic heterocycles. The number of methoxy groups -OCH3 is 1. The van der Waals surface area contributed by atoms with Crippen molar-refractivity contribution in [3.8, 4) is 16.9 Å². The van der Waals surface area contributed by atoms with E-state index in [1.165, 1.54) is 22.3 Å². The fourth-order valence-corrected chi connectivity index (χ4v) is 2.88. The zero-order valence-corrected chi connectivity index (χ0v) is 12.4. The summed E-state index contributed by atoms with van der Waals surface area (Å²) in [7, 11) is 1.65. The number of fused-ring (bicyclic) bond motifs is 3. The summed E-state index contributed by atoms with van der Waals surface area (Å²) < 4.78 is 10.8. The van der Waals surface area contributed by atoms with E-state index >= 15 is 0 Å². The maximum absolute atomic E-state index is 6.21. The SMILES string of the molecule is COCCOc1cc2c(c(C)c1N)Cc1cc(N)ccc1-2. The van der Waals surface area contributed by atoms with Crippen LogP contribution in [0.4, 0.5) is 11.4 Å². The van der Waals surface area contributed by atoms with Gasteiger partial charge in [0.05, 0.1) is 12.3 Å².